The Morgan fingerprint density at radius 2 is 2.25 bits per heavy atom. The zero-order chi connectivity index (χ0) is 16.4. The van der Waals surface area contributed by atoms with Crippen LogP contribution in [0.1, 0.15) is 33.4 Å². The van der Waals surface area contributed by atoms with E-state index in [2.05, 4.69) is 20.7 Å². The van der Waals surface area contributed by atoms with Crippen LogP contribution in [0.4, 0.5) is 5.82 Å². The molecule has 1 amide bonds. The van der Waals surface area contributed by atoms with Gasteiger partial charge < -0.3 is 10.6 Å². The first-order chi connectivity index (χ1) is 11.8. The largest absolute Gasteiger partial charge is 0.309 e. The molecule has 0 aliphatic carbocycles. The Balaban J connectivity index is 1.45. The third kappa shape index (κ3) is 3.08. The standard InChI is InChI=1S/C17H17N5OS/c23-17(14-7-6-13(24-14)12-4-3-10-18-12)20-15-8-11-22(21-15)16-5-1-2-9-19-16/h1-2,5-9,11-12,18H,3-4,10H2,(H,20,21,23). The van der Waals surface area contributed by atoms with Crippen LogP contribution in [0.3, 0.4) is 0 Å². The van der Waals surface area contributed by atoms with E-state index in [9.17, 15) is 4.79 Å². The lowest BCUT2D eigenvalue weighted by Crippen LogP contribution is -2.12. The van der Waals surface area contributed by atoms with Gasteiger partial charge in [-0.2, -0.15) is 0 Å². The number of nitrogens with one attached hydrogen (secondary N) is 2. The number of pyridine rings is 1. The first-order valence-corrected chi connectivity index (χ1v) is 8.73. The van der Waals surface area contributed by atoms with Crippen molar-refractivity contribution in [2.75, 3.05) is 11.9 Å². The van der Waals surface area contributed by atoms with Crippen LogP contribution in [0.5, 0.6) is 0 Å². The van der Waals surface area contributed by atoms with Crippen molar-refractivity contribution in [1.82, 2.24) is 20.1 Å². The van der Waals surface area contributed by atoms with Gasteiger partial charge in [0.25, 0.3) is 5.91 Å². The molecular weight excluding hydrogens is 322 g/mol. The number of carbonyl (C=O) groups excluding carboxylic acids is 1. The first-order valence-electron chi connectivity index (χ1n) is 7.91. The molecule has 2 N–H and O–H groups in total. The van der Waals surface area contributed by atoms with Crippen LogP contribution in [0, 0.1) is 0 Å². The highest BCUT2D eigenvalue weighted by Gasteiger charge is 2.19. The Hall–Kier alpha value is -2.51. The van der Waals surface area contributed by atoms with E-state index < -0.39 is 0 Å². The lowest BCUT2D eigenvalue weighted by atomic mass is 10.2. The van der Waals surface area contributed by atoms with Gasteiger partial charge in [0.2, 0.25) is 0 Å². The number of aromatic nitrogens is 3. The Bertz CT molecular complexity index is 836. The number of anilines is 1. The van der Waals surface area contributed by atoms with Gasteiger partial charge in [-0.3, -0.25) is 4.79 Å². The van der Waals surface area contributed by atoms with Gasteiger partial charge in [0.05, 0.1) is 4.88 Å². The van der Waals surface area contributed by atoms with E-state index in [4.69, 9.17) is 0 Å². The van der Waals surface area contributed by atoms with Crippen molar-refractivity contribution in [3.05, 3.63) is 58.5 Å². The van der Waals surface area contributed by atoms with Crippen LogP contribution in [0.2, 0.25) is 0 Å². The monoisotopic (exact) mass is 339 g/mol. The summed E-state index contributed by atoms with van der Waals surface area (Å²) in [5.74, 6) is 1.10. The second-order valence-corrected chi connectivity index (χ2v) is 6.75. The Morgan fingerprint density at radius 1 is 1.29 bits per heavy atom. The van der Waals surface area contributed by atoms with Crippen molar-refractivity contribution in [2.45, 2.75) is 18.9 Å². The fourth-order valence-corrected chi connectivity index (χ4v) is 3.79. The first kappa shape index (κ1) is 15.0. The molecule has 4 heterocycles. The minimum atomic E-state index is -0.129. The predicted molar refractivity (Wildman–Crippen MR) is 93.6 cm³/mol. The Kier molecular flexibility index (Phi) is 4.10. The van der Waals surface area contributed by atoms with Crippen LogP contribution in [-0.4, -0.2) is 27.2 Å². The lowest BCUT2D eigenvalue weighted by molar-refractivity contribution is 0.103. The summed E-state index contributed by atoms with van der Waals surface area (Å²) in [6.45, 7) is 1.05. The minimum Gasteiger partial charge on any atom is -0.309 e. The van der Waals surface area contributed by atoms with Crippen molar-refractivity contribution in [2.24, 2.45) is 0 Å². The van der Waals surface area contributed by atoms with E-state index in [1.54, 1.807) is 23.1 Å². The molecule has 7 heteroatoms. The molecule has 0 aromatic carbocycles. The Labute approximate surface area is 143 Å². The maximum Gasteiger partial charge on any atom is 0.266 e. The average Bonchev–Trinajstić information content (AvgIpc) is 3.36. The van der Waals surface area contributed by atoms with Gasteiger partial charge in [-0.1, -0.05) is 6.07 Å². The summed E-state index contributed by atoms with van der Waals surface area (Å²) in [5.41, 5.74) is 0. The summed E-state index contributed by atoms with van der Waals surface area (Å²) in [6, 6.07) is 11.7. The number of hydrogen-bond acceptors (Lipinski definition) is 5. The molecule has 1 saturated heterocycles. The molecule has 3 aromatic rings. The van der Waals surface area contributed by atoms with Gasteiger partial charge in [-0.25, -0.2) is 9.67 Å². The molecule has 0 bridgehead atoms. The average molecular weight is 339 g/mol. The molecule has 3 aromatic heterocycles. The van der Waals surface area contributed by atoms with Crippen molar-refractivity contribution in [1.29, 1.82) is 0 Å². The van der Waals surface area contributed by atoms with Crippen LogP contribution in [0.25, 0.3) is 5.82 Å². The number of carbonyl (C=O) groups is 1. The molecule has 6 nitrogen and oxygen atoms in total. The topological polar surface area (TPSA) is 71.8 Å². The zero-order valence-electron chi connectivity index (χ0n) is 13.0. The highest BCUT2D eigenvalue weighted by molar-refractivity contribution is 7.14. The normalized spacial score (nSPS) is 17.1. The molecule has 122 valence electrons. The van der Waals surface area contributed by atoms with Crippen LogP contribution in [-0.2, 0) is 0 Å². The van der Waals surface area contributed by atoms with Crippen molar-refractivity contribution >= 4 is 23.1 Å². The number of amides is 1. The summed E-state index contributed by atoms with van der Waals surface area (Å²) in [6.07, 6.45) is 5.81. The number of rotatable bonds is 4. The number of thiophene rings is 1. The van der Waals surface area contributed by atoms with Crippen molar-refractivity contribution < 1.29 is 4.79 Å². The van der Waals surface area contributed by atoms with Gasteiger partial charge >= 0.3 is 0 Å². The van der Waals surface area contributed by atoms with Gasteiger partial charge in [-0.05, 0) is 43.7 Å². The van der Waals surface area contributed by atoms with Gasteiger partial charge in [0.1, 0.15) is 0 Å². The summed E-state index contributed by atoms with van der Waals surface area (Å²) in [4.78, 5) is 18.6. The summed E-state index contributed by atoms with van der Waals surface area (Å²) in [5, 5.41) is 10.6. The van der Waals surface area contributed by atoms with Gasteiger partial charge in [0.15, 0.2) is 11.6 Å². The maximum atomic E-state index is 12.4. The third-order valence-electron chi connectivity index (χ3n) is 3.97. The molecule has 1 atom stereocenters. The van der Waals surface area contributed by atoms with E-state index in [1.165, 1.54) is 22.6 Å². The lowest BCUT2D eigenvalue weighted by Gasteiger charge is -2.05. The van der Waals surface area contributed by atoms with E-state index >= 15 is 0 Å². The highest BCUT2D eigenvalue weighted by atomic mass is 32.1. The van der Waals surface area contributed by atoms with Crippen LogP contribution in [0.15, 0.2) is 48.8 Å². The van der Waals surface area contributed by atoms with E-state index in [-0.39, 0.29) is 5.91 Å². The molecule has 0 spiro atoms. The molecule has 0 radical (unpaired) electrons. The summed E-state index contributed by atoms with van der Waals surface area (Å²) >= 11 is 1.54. The second-order valence-electron chi connectivity index (χ2n) is 5.64. The Morgan fingerprint density at radius 3 is 3.04 bits per heavy atom. The zero-order valence-corrected chi connectivity index (χ0v) is 13.8. The smallest absolute Gasteiger partial charge is 0.266 e. The molecular formula is C17H17N5OS. The molecule has 0 saturated carbocycles. The van der Waals surface area contributed by atoms with Gasteiger partial charge in [0, 0.05) is 29.4 Å². The SMILES string of the molecule is O=C(Nc1ccn(-c2ccccn2)n1)c1ccc(C2CCCN2)s1. The van der Waals surface area contributed by atoms with E-state index in [1.807, 2.05) is 30.3 Å². The summed E-state index contributed by atoms with van der Waals surface area (Å²) in [7, 11) is 0. The van der Waals surface area contributed by atoms with Crippen molar-refractivity contribution in [3.8, 4) is 5.82 Å². The fraction of sp³-hybridized carbons (Fsp3) is 0.235. The quantitative estimate of drug-likeness (QED) is 0.766. The molecule has 1 fully saturated rings. The number of nitrogens with zero attached hydrogens (tertiary/aromatic N) is 3. The van der Waals surface area contributed by atoms with E-state index in [0.717, 1.165) is 13.0 Å². The van der Waals surface area contributed by atoms with E-state index in [0.29, 0.717) is 22.6 Å². The fourth-order valence-electron chi connectivity index (χ4n) is 2.77. The third-order valence-corrected chi connectivity index (χ3v) is 5.17. The maximum absolute atomic E-state index is 12.4. The molecule has 4 rings (SSSR count). The highest BCUT2D eigenvalue weighted by Crippen LogP contribution is 2.29. The minimum absolute atomic E-state index is 0.129. The second kappa shape index (κ2) is 6.54. The molecule has 1 unspecified atom stereocenters. The van der Waals surface area contributed by atoms with Gasteiger partial charge in [-0.15, -0.1) is 16.4 Å². The predicted octanol–water partition coefficient (Wildman–Crippen LogP) is 3.01. The summed E-state index contributed by atoms with van der Waals surface area (Å²) < 4.78 is 1.64. The van der Waals surface area contributed by atoms with Crippen LogP contribution >= 0.6 is 11.3 Å². The molecule has 24 heavy (non-hydrogen) atoms. The molecule has 1 aliphatic rings. The van der Waals surface area contributed by atoms with Crippen LogP contribution < -0.4 is 10.6 Å². The number of hydrogen-bond donors (Lipinski definition) is 2. The molecule has 1 aliphatic heterocycles. The van der Waals surface area contributed by atoms with Crippen molar-refractivity contribution in [3.63, 3.8) is 0 Å².